The zero-order valence-corrected chi connectivity index (χ0v) is 17.5. The molecule has 2 aromatic carbocycles. The molecule has 130 valence electrons. The van der Waals surface area contributed by atoms with E-state index in [0.29, 0.717) is 23.5 Å². The lowest BCUT2D eigenvalue weighted by molar-refractivity contribution is 0.473. The van der Waals surface area contributed by atoms with Gasteiger partial charge in [0.2, 0.25) is 0 Å². The first-order valence-corrected chi connectivity index (χ1v) is 9.60. The molecule has 0 aromatic heterocycles. The van der Waals surface area contributed by atoms with Gasteiger partial charge in [0.15, 0.2) is 0 Å². The lowest BCUT2D eigenvalue weighted by atomic mass is 9.81. The van der Waals surface area contributed by atoms with Crippen molar-refractivity contribution in [3.8, 4) is 16.9 Å². The van der Waals surface area contributed by atoms with Crippen LogP contribution in [0.2, 0.25) is 0 Å². The molecule has 0 aliphatic heterocycles. The zero-order chi connectivity index (χ0) is 18.2. The molecule has 0 aliphatic rings. The van der Waals surface area contributed by atoms with Crippen molar-refractivity contribution in [3.63, 3.8) is 0 Å². The van der Waals surface area contributed by atoms with Gasteiger partial charge in [-0.05, 0) is 80.6 Å². The Morgan fingerprint density at radius 3 is 1.71 bits per heavy atom. The van der Waals surface area contributed by atoms with Crippen LogP contribution in [0.5, 0.6) is 5.75 Å². The van der Waals surface area contributed by atoms with Crippen LogP contribution in [-0.4, -0.2) is 5.11 Å². The maximum atomic E-state index is 10.7. The van der Waals surface area contributed by atoms with E-state index in [9.17, 15) is 5.11 Å². The summed E-state index contributed by atoms with van der Waals surface area (Å²) >= 11 is 3.51. The van der Waals surface area contributed by atoms with Crippen LogP contribution in [0.1, 0.15) is 81.5 Å². The maximum Gasteiger partial charge on any atom is 0.137 e. The molecule has 0 heterocycles. The van der Waals surface area contributed by atoms with Crippen molar-refractivity contribution in [1.82, 2.24) is 0 Å². The molecular weight excluding hydrogens is 360 g/mol. The van der Waals surface area contributed by atoms with Gasteiger partial charge < -0.3 is 5.11 Å². The Labute approximate surface area is 155 Å². The number of hydrogen-bond acceptors (Lipinski definition) is 1. The zero-order valence-electron chi connectivity index (χ0n) is 15.9. The molecule has 0 unspecified atom stereocenters. The number of phenols is 1. The fraction of sp³-hybridized carbons (Fsp3) is 0.455. The Bertz CT molecular complexity index is 713. The lowest BCUT2D eigenvalue weighted by Gasteiger charge is -2.24. The summed E-state index contributed by atoms with van der Waals surface area (Å²) in [5.74, 6) is 1.62. The molecular formula is C22H29BrO. The summed E-state index contributed by atoms with van der Waals surface area (Å²) < 4.78 is 0.759. The predicted molar refractivity (Wildman–Crippen MR) is 108 cm³/mol. The minimum absolute atomic E-state index is 0.335. The number of benzene rings is 2. The van der Waals surface area contributed by atoms with Crippen molar-refractivity contribution in [1.29, 1.82) is 0 Å². The van der Waals surface area contributed by atoms with Crippen molar-refractivity contribution in [3.05, 3.63) is 51.0 Å². The van der Waals surface area contributed by atoms with Crippen LogP contribution < -0.4 is 0 Å². The number of phenolic OH excluding ortho intramolecular Hbond substituents is 1. The molecule has 1 N–H and O–H groups in total. The van der Waals surface area contributed by atoms with Gasteiger partial charge >= 0.3 is 0 Å². The monoisotopic (exact) mass is 388 g/mol. The molecule has 2 aromatic rings. The predicted octanol–water partition coefficient (Wildman–Crippen LogP) is 7.50. The highest BCUT2D eigenvalue weighted by atomic mass is 79.9. The van der Waals surface area contributed by atoms with Crippen molar-refractivity contribution in [2.24, 2.45) is 0 Å². The molecule has 0 amide bonds. The third-order valence-corrected chi connectivity index (χ3v) is 5.21. The molecule has 0 saturated heterocycles. The Hall–Kier alpha value is -1.28. The Kier molecular flexibility index (Phi) is 5.80. The minimum Gasteiger partial charge on any atom is -0.506 e. The summed E-state index contributed by atoms with van der Waals surface area (Å²) in [7, 11) is 0. The second kappa shape index (κ2) is 7.31. The number of aryl methyl sites for hydroxylation is 1. The quantitative estimate of drug-likeness (QED) is 0.574. The van der Waals surface area contributed by atoms with Gasteiger partial charge in [-0.3, -0.25) is 0 Å². The lowest BCUT2D eigenvalue weighted by Crippen LogP contribution is -2.04. The second-order valence-electron chi connectivity index (χ2n) is 7.68. The molecule has 2 rings (SSSR count). The summed E-state index contributed by atoms with van der Waals surface area (Å²) in [6.45, 7) is 15.5. The molecule has 0 bridgehead atoms. The van der Waals surface area contributed by atoms with E-state index in [0.717, 1.165) is 15.6 Å². The van der Waals surface area contributed by atoms with E-state index in [1.165, 1.54) is 22.3 Å². The SMILES string of the molecule is Cc1cc(Br)c(O)c(-c2c(C(C)C)cc(C(C)C)cc2C(C)C)c1. The molecule has 0 radical (unpaired) electrons. The number of hydrogen-bond donors (Lipinski definition) is 1. The van der Waals surface area contributed by atoms with Gasteiger partial charge in [0, 0.05) is 5.56 Å². The Morgan fingerprint density at radius 1 is 0.792 bits per heavy atom. The first kappa shape index (κ1) is 19.1. The van der Waals surface area contributed by atoms with E-state index in [1.54, 1.807) is 0 Å². The van der Waals surface area contributed by atoms with Crippen molar-refractivity contribution in [2.75, 3.05) is 0 Å². The van der Waals surface area contributed by atoms with Crippen LogP contribution in [0.4, 0.5) is 0 Å². The molecule has 24 heavy (non-hydrogen) atoms. The number of rotatable bonds is 4. The molecule has 0 spiro atoms. The van der Waals surface area contributed by atoms with Crippen LogP contribution >= 0.6 is 15.9 Å². The van der Waals surface area contributed by atoms with Gasteiger partial charge in [-0.25, -0.2) is 0 Å². The largest absolute Gasteiger partial charge is 0.506 e. The minimum atomic E-state index is 0.335. The topological polar surface area (TPSA) is 20.2 Å². The van der Waals surface area contributed by atoms with Gasteiger partial charge in [0.25, 0.3) is 0 Å². The summed E-state index contributed by atoms with van der Waals surface area (Å²) in [4.78, 5) is 0. The van der Waals surface area contributed by atoms with Gasteiger partial charge in [0.1, 0.15) is 5.75 Å². The Balaban J connectivity index is 2.91. The first-order chi connectivity index (χ1) is 11.1. The molecule has 0 aliphatic carbocycles. The highest BCUT2D eigenvalue weighted by Crippen LogP contribution is 2.44. The first-order valence-electron chi connectivity index (χ1n) is 8.80. The average molecular weight is 389 g/mol. The van der Waals surface area contributed by atoms with Crippen LogP contribution in [-0.2, 0) is 0 Å². The van der Waals surface area contributed by atoms with Gasteiger partial charge in [-0.15, -0.1) is 0 Å². The second-order valence-corrected chi connectivity index (χ2v) is 8.54. The summed E-state index contributed by atoms with van der Waals surface area (Å²) in [5.41, 5.74) is 7.29. The van der Waals surface area contributed by atoms with E-state index in [2.05, 4.69) is 82.6 Å². The number of halogens is 1. The molecule has 0 atom stereocenters. The van der Waals surface area contributed by atoms with Gasteiger partial charge in [-0.2, -0.15) is 0 Å². The third kappa shape index (κ3) is 3.69. The van der Waals surface area contributed by atoms with Crippen LogP contribution in [0.3, 0.4) is 0 Å². The fourth-order valence-corrected chi connectivity index (χ4v) is 3.77. The molecule has 1 nitrogen and oxygen atoms in total. The van der Waals surface area contributed by atoms with E-state index in [1.807, 2.05) is 6.07 Å². The van der Waals surface area contributed by atoms with Crippen molar-refractivity contribution < 1.29 is 5.11 Å². The average Bonchev–Trinajstić information content (AvgIpc) is 2.49. The van der Waals surface area contributed by atoms with Gasteiger partial charge in [0.05, 0.1) is 4.47 Å². The third-order valence-electron chi connectivity index (χ3n) is 4.61. The van der Waals surface area contributed by atoms with Crippen molar-refractivity contribution in [2.45, 2.75) is 66.2 Å². The molecule has 0 saturated carbocycles. The van der Waals surface area contributed by atoms with E-state index in [4.69, 9.17) is 0 Å². The smallest absolute Gasteiger partial charge is 0.137 e. The summed E-state index contributed by atoms with van der Waals surface area (Å²) in [5, 5.41) is 10.7. The van der Waals surface area contributed by atoms with E-state index >= 15 is 0 Å². The number of aromatic hydroxyl groups is 1. The van der Waals surface area contributed by atoms with Crippen molar-refractivity contribution >= 4 is 15.9 Å². The highest BCUT2D eigenvalue weighted by molar-refractivity contribution is 9.10. The van der Waals surface area contributed by atoms with Gasteiger partial charge in [-0.1, -0.05) is 53.7 Å². The van der Waals surface area contributed by atoms with Crippen LogP contribution in [0, 0.1) is 6.92 Å². The fourth-order valence-electron chi connectivity index (χ4n) is 3.19. The molecule has 2 heteroatoms. The normalized spacial score (nSPS) is 11.8. The van der Waals surface area contributed by atoms with Crippen LogP contribution in [0.25, 0.3) is 11.1 Å². The summed E-state index contributed by atoms with van der Waals surface area (Å²) in [6.07, 6.45) is 0. The van der Waals surface area contributed by atoms with Crippen LogP contribution in [0.15, 0.2) is 28.7 Å². The van der Waals surface area contributed by atoms with E-state index in [-0.39, 0.29) is 0 Å². The summed E-state index contributed by atoms with van der Waals surface area (Å²) in [6, 6.07) is 8.71. The Morgan fingerprint density at radius 2 is 1.29 bits per heavy atom. The standard InChI is InChI=1S/C22H29BrO/c1-12(2)16-10-17(13(3)4)21(18(11-16)14(5)6)19-8-15(7)9-20(23)22(19)24/h8-14,24H,1-7H3. The molecule has 0 fully saturated rings. The highest BCUT2D eigenvalue weighted by Gasteiger charge is 2.21. The maximum absolute atomic E-state index is 10.7. The van der Waals surface area contributed by atoms with E-state index < -0.39 is 0 Å².